The molecule has 0 radical (unpaired) electrons. The molecule has 0 atom stereocenters. The van der Waals surface area contributed by atoms with Crippen LogP contribution in [-0.2, 0) is 6.42 Å². The quantitative estimate of drug-likeness (QED) is 0.513. The van der Waals surface area contributed by atoms with Gasteiger partial charge in [0.05, 0.1) is 16.8 Å². The van der Waals surface area contributed by atoms with Crippen molar-refractivity contribution in [1.29, 1.82) is 0 Å². The van der Waals surface area contributed by atoms with E-state index >= 15 is 0 Å². The Morgan fingerprint density at radius 3 is 2.80 bits per heavy atom. The van der Waals surface area contributed by atoms with Crippen molar-refractivity contribution < 1.29 is 4.79 Å². The third-order valence-corrected chi connectivity index (χ3v) is 6.09. The Hall–Kier alpha value is -2.28. The molecule has 0 bridgehead atoms. The van der Waals surface area contributed by atoms with Gasteiger partial charge in [0, 0.05) is 15.5 Å². The van der Waals surface area contributed by atoms with Gasteiger partial charge in [-0.1, -0.05) is 35.9 Å². The lowest BCUT2D eigenvalue weighted by Gasteiger charge is -1.99. The van der Waals surface area contributed by atoms with Gasteiger partial charge in [-0.25, -0.2) is 4.98 Å². The summed E-state index contributed by atoms with van der Waals surface area (Å²) in [4.78, 5) is 33.3. The van der Waals surface area contributed by atoms with Crippen molar-refractivity contribution in [3.8, 4) is 10.4 Å². The zero-order chi connectivity index (χ0) is 17.4. The number of thiophene rings is 2. The zero-order valence-corrected chi connectivity index (χ0v) is 15.2. The van der Waals surface area contributed by atoms with Crippen LogP contribution in [0.5, 0.6) is 0 Å². The summed E-state index contributed by atoms with van der Waals surface area (Å²) in [6.45, 7) is 0. The van der Waals surface area contributed by atoms with Crippen molar-refractivity contribution >= 4 is 50.3 Å². The van der Waals surface area contributed by atoms with Gasteiger partial charge in [-0.15, -0.1) is 22.7 Å². The number of halogens is 1. The number of H-pyrrole nitrogens is 1. The number of benzene rings is 1. The van der Waals surface area contributed by atoms with Crippen LogP contribution < -0.4 is 5.56 Å². The SMILES string of the molecule is O=C(Cc1nc2cc(-c3ccccc3Cl)sc2c(=O)[nH]1)c1cccs1. The number of hydrogen-bond donors (Lipinski definition) is 1. The maximum atomic E-state index is 12.4. The lowest BCUT2D eigenvalue weighted by atomic mass is 10.2. The van der Waals surface area contributed by atoms with Crippen molar-refractivity contribution in [2.45, 2.75) is 6.42 Å². The molecule has 1 aromatic carbocycles. The zero-order valence-electron chi connectivity index (χ0n) is 12.8. The lowest BCUT2D eigenvalue weighted by molar-refractivity contribution is 0.0994. The van der Waals surface area contributed by atoms with E-state index in [2.05, 4.69) is 9.97 Å². The fourth-order valence-corrected chi connectivity index (χ4v) is 4.53. The van der Waals surface area contributed by atoms with Crippen LogP contribution in [-0.4, -0.2) is 15.8 Å². The number of hydrogen-bond acceptors (Lipinski definition) is 5. The van der Waals surface area contributed by atoms with Crippen molar-refractivity contribution in [3.05, 3.63) is 73.9 Å². The summed E-state index contributed by atoms with van der Waals surface area (Å²) in [6, 6.07) is 12.9. The molecule has 0 aliphatic heterocycles. The first kappa shape index (κ1) is 16.2. The van der Waals surface area contributed by atoms with Crippen molar-refractivity contribution in [3.63, 3.8) is 0 Å². The molecule has 0 aliphatic rings. The number of nitrogens with zero attached hydrogens (tertiary/aromatic N) is 1. The Kier molecular flexibility index (Phi) is 4.25. The van der Waals surface area contributed by atoms with E-state index in [0.29, 0.717) is 25.9 Å². The molecule has 0 fully saturated rings. The molecule has 0 saturated heterocycles. The highest BCUT2D eigenvalue weighted by Crippen LogP contribution is 2.35. The van der Waals surface area contributed by atoms with Crippen LogP contribution in [0.25, 0.3) is 20.7 Å². The molecule has 0 spiro atoms. The monoisotopic (exact) mass is 386 g/mol. The first-order valence-corrected chi connectivity index (χ1v) is 9.53. The summed E-state index contributed by atoms with van der Waals surface area (Å²) in [5, 5.41) is 2.47. The summed E-state index contributed by atoms with van der Waals surface area (Å²) in [5.41, 5.74) is 1.21. The average Bonchev–Trinajstić information content (AvgIpc) is 3.25. The Balaban J connectivity index is 1.74. The number of Topliss-reactive ketones (excluding diaryl/α,β-unsaturated/α-hetero) is 1. The minimum Gasteiger partial charge on any atom is -0.309 e. The highest BCUT2D eigenvalue weighted by atomic mass is 35.5. The van der Waals surface area contributed by atoms with Crippen molar-refractivity contribution in [2.75, 3.05) is 0 Å². The van der Waals surface area contributed by atoms with E-state index < -0.39 is 0 Å². The molecule has 0 unspecified atom stereocenters. The summed E-state index contributed by atoms with van der Waals surface area (Å²) in [7, 11) is 0. The minimum atomic E-state index is -0.234. The second-order valence-electron chi connectivity index (χ2n) is 5.39. The van der Waals surface area contributed by atoms with E-state index in [-0.39, 0.29) is 17.8 Å². The van der Waals surface area contributed by atoms with E-state index in [1.165, 1.54) is 22.7 Å². The number of carbonyl (C=O) groups excluding carboxylic acids is 1. The van der Waals surface area contributed by atoms with Gasteiger partial charge in [-0.05, 0) is 23.6 Å². The van der Waals surface area contributed by atoms with E-state index in [0.717, 1.165) is 10.4 Å². The van der Waals surface area contributed by atoms with E-state index in [1.54, 1.807) is 6.07 Å². The molecule has 7 heteroatoms. The molecule has 4 rings (SSSR count). The normalized spacial score (nSPS) is 11.1. The number of ketones is 1. The number of aromatic amines is 1. The third-order valence-electron chi connectivity index (χ3n) is 3.70. The number of rotatable bonds is 4. The van der Waals surface area contributed by atoms with Gasteiger partial charge in [0.25, 0.3) is 5.56 Å². The first-order valence-electron chi connectivity index (χ1n) is 7.46. The maximum absolute atomic E-state index is 12.4. The van der Waals surface area contributed by atoms with Crippen LogP contribution in [0.3, 0.4) is 0 Å². The fraction of sp³-hybridized carbons (Fsp3) is 0.0556. The molecule has 0 aliphatic carbocycles. The van der Waals surface area contributed by atoms with Gasteiger partial charge in [0.15, 0.2) is 5.78 Å². The van der Waals surface area contributed by atoms with Crippen molar-refractivity contribution in [1.82, 2.24) is 9.97 Å². The molecule has 3 heterocycles. The molecule has 4 aromatic rings. The van der Waals surface area contributed by atoms with Gasteiger partial charge in [0.1, 0.15) is 10.5 Å². The molecular formula is C18H11ClN2O2S2. The highest BCUT2D eigenvalue weighted by molar-refractivity contribution is 7.22. The number of fused-ring (bicyclic) bond motifs is 1. The van der Waals surface area contributed by atoms with Gasteiger partial charge in [0.2, 0.25) is 0 Å². The van der Waals surface area contributed by atoms with E-state index in [9.17, 15) is 9.59 Å². The number of nitrogens with one attached hydrogen (secondary N) is 1. The second-order valence-corrected chi connectivity index (χ2v) is 7.80. The molecule has 4 nitrogen and oxygen atoms in total. The minimum absolute atomic E-state index is 0.0564. The van der Waals surface area contributed by atoms with Gasteiger partial charge >= 0.3 is 0 Å². The summed E-state index contributed by atoms with van der Waals surface area (Å²) < 4.78 is 0.530. The van der Waals surface area contributed by atoms with Gasteiger partial charge < -0.3 is 4.98 Å². The van der Waals surface area contributed by atoms with Crippen LogP contribution in [0.15, 0.2) is 52.6 Å². The molecule has 1 N–H and O–H groups in total. The Morgan fingerprint density at radius 2 is 2.04 bits per heavy atom. The van der Waals surface area contributed by atoms with Gasteiger partial charge in [-0.2, -0.15) is 0 Å². The van der Waals surface area contributed by atoms with Crippen LogP contribution >= 0.6 is 34.3 Å². The Morgan fingerprint density at radius 1 is 1.20 bits per heavy atom. The molecule has 0 saturated carbocycles. The number of aromatic nitrogens is 2. The molecule has 124 valence electrons. The predicted octanol–water partition coefficient (Wildman–Crippen LogP) is 4.79. The summed E-state index contributed by atoms with van der Waals surface area (Å²) in [6.07, 6.45) is 0.0724. The Labute approximate surface area is 155 Å². The molecule has 3 aromatic heterocycles. The smallest absolute Gasteiger partial charge is 0.268 e. The van der Waals surface area contributed by atoms with Crippen LogP contribution in [0.1, 0.15) is 15.5 Å². The topological polar surface area (TPSA) is 62.8 Å². The second kappa shape index (κ2) is 6.55. The summed E-state index contributed by atoms with van der Waals surface area (Å²) in [5.74, 6) is 0.318. The maximum Gasteiger partial charge on any atom is 0.268 e. The lowest BCUT2D eigenvalue weighted by Crippen LogP contribution is -2.13. The largest absolute Gasteiger partial charge is 0.309 e. The average molecular weight is 387 g/mol. The Bertz CT molecular complexity index is 1130. The third kappa shape index (κ3) is 3.16. The molecular weight excluding hydrogens is 376 g/mol. The van der Waals surface area contributed by atoms with Crippen LogP contribution in [0, 0.1) is 0 Å². The standard InChI is InChI=1S/C18H11ClN2O2S2/c19-11-5-2-1-4-10(11)15-8-12-17(25-15)18(23)21-16(20-12)9-13(22)14-6-3-7-24-14/h1-8H,9H2,(H,20,21,23). The highest BCUT2D eigenvalue weighted by Gasteiger charge is 2.14. The van der Waals surface area contributed by atoms with Crippen LogP contribution in [0.2, 0.25) is 5.02 Å². The van der Waals surface area contributed by atoms with E-state index in [1.807, 2.05) is 41.8 Å². The number of carbonyl (C=O) groups is 1. The van der Waals surface area contributed by atoms with Gasteiger partial charge in [-0.3, -0.25) is 9.59 Å². The molecule has 25 heavy (non-hydrogen) atoms. The van der Waals surface area contributed by atoms with Crippen LogP contribution in [0.4, 0.5) is 0 Å². The van der Waals surface area contributed by atoms with E-state index in [4.69, 9.17) is 11.6 Å². The predicted molar refractivity (Wildman–Crippen MR) is 103 cm³/mol. The molecule has 0 amide bonds. The van der Waals surface area contributed by atoms with Crippen molar-refractivity contribution in [2.24, 2.45) is 0 Å². The summed E-state index contributed by atoms with van der Waals surface area (Å²) >= 11 is 8.96. The first-order chi connectivity index (χ1) is 12.1. The fourth-order valence-electron chi connectivity index (χ4n) is 2.54.